The second kappa shape index (κ2) is 5.03. The lowest BCUT2D eigenvalue weighted by molar-refractivity contribution is -0.120. The topological polar surface area (TPSA) is 52.6 Å². The molecule has 3 aliphatic rings. The van der Waals surface area contributed by atoms with Gasteiger partial charge in [0.15, 0.2) is 0 Å². The molecule has 0 radical (unpaired) electrons. The van der Waals surface area contributed by atoms with E-state index in [4.69, 9.17) is 0 Å². The van der Waals surface area contributed by atoms with E-state index >= 15 is 0 Å². The molecular weight excluding hydrogens is 283 g/mol. The number of fused-ring (bicyclic) bond motifs is 2. The Kier molecular flexibility index (Phi) is 3.24. The van der Waals surface area contributed by atoms with Crippen molar-refractivity contribution < 1.29 is 14.3 Å². The molecule has 4 nitrogen and oxygen atoms in total. The van der Waals surface area contributed by atoms with E-state index in [1.165, 1.54) is 6.07 Å². The van der Waals surface area contributed by atoms with Crippen LogP contribution >= 0.6 is 0 Å². The Bertz CT molecular complexity index is 613. The number of anilines is 1. The normalized spacial score (nSPS) is 29.3. The predicted octanol–water partition coefficient (Wildman–Crippen LogP) is 1.71. The molecular formula is C17H21FN2O2. The summed E-state index contributed by atoms with van der Waals surface area (Å²) in [5, 5.41) is 12.7. The number of rotatable bonds is 1. The van der Waals surface area contributed by atoms with E-state index in [0.717, 1.165) is 36.9 Å². The van der Waals surface area contributed by atoms with Crippen molar-refractivity contribution in [3.8, 4) is 0 Å². The average molecular weight is 304 g/mol. The fourth-order valence-corrected chi connectivity index (χ4v) is 4.48. The lowest BCUT2D eigenvalue weighted by atomic mass is 9.80. The van der Waals surface area contributed by atoms with Crippen LogP contribution < -0.4 is 10.2 Å². The predicted molar refractivity (Wildman–Crippen MR) is 81.3 cm³/mol. The van der Waals surface area contributed by atoms with E-state index in [1.807, 2.05) is 6.07 Å². The first-order valence-corrected chi connectivity index (χ1v) is 8.13. The molecule has 1 aliphatic carbocycles. The summed E-state index contributed by atoms with van der Waals surface area (Å²) in [7, 11) is 0. The average Bonchev–Trinajstić information content (AvgIpc) is 3.20. The van der Waals surface area contributed by atoms with Crippen LogP contribution in [0.25, 0.3) is 0 Å². The minimum Gasteiger partial charge on any atom is -0.392 e. The van der Waals surface area contributed by atoms with Crippen LogP contribution in [0.1, 0.15) is 37.7 Å². The number of aliphatic hydroxyl groups is 1. The summed E-state index contributed by atoms with van der Waals surface area (Å²) in [4.78, 5) is 14.6. The lowest BCUT2D eigenvalue weighted by Gasteiger charge is -2.26. The van der Waals surface area contributed by atoms with E-state index < -0.39 is 6.10 Å². The van der Waals surface area contributed by atoms with Gasteiger partial charge in [-0.25, -0.2) is 4.39 Å². The first-order valence-electron chi connectivity index (χ1n) is 8.13. The van der Waals surface area contributed by atoms with E-state index in [-0.39, 0.29) is 23.2 Å². The second-order valence-electron chi connectivity index (χ2n) is 6.90. The van der Waals surface area contributed by atoms with Gasteiger partial charge in [-0.15, -0.1) is 0 Å². The van der Waals surface area contributed by atoms with Crippen molar-refractivity contribution in [1.29, 1.82) is 0 Å². The highest BCUT2D eigenvalue weighted by Gasteiger charge is 2.49. The zero-order valence-corrected chi connectivity index (χ0v) is 12.5. The van der Waals surface area contributed by atoms with Crippen molar-refractivity contribution >= 4 is 11.6 Å². The number of amides is 1. The van der Waals surface area contributed by atoms with Crippen LogP contribution in [0.4, 0.5) is 10.1 Å². The van der Waals surface area contributed by atoms with Crippen LogP contribution in [0.5, 0.6) is 0 Å². The molecule has 0 bridgehead atoms. The highest BCUT2D eigenvalue weighted by atomic mass is 19.1. The zero-order chi connectivity index (χ0) is 15.3. The van der Waals surface area contributed by atoms with Crippen LogP contribution in [0, 0.1) is 5.82 Å². The Balaban J connectivity index is 1.71. The molecule has 118 valence electrons. The van der Waals surface area contributed by atoms with Gasteiger partial charge >= 0.3 is 0 Å². The zero-order valence-electron chi connectivity index (χ0n) is 12.5. The van der Waals surface area contributed by atoms with Crippen molar-refractivity contribution in [1.82, 2.24) is 5.32 Å². The van der Waals surface area contributed by atoms with Gasteiger partial charge in [-0.05, 0) is 31.4 Å². The Hall–Kier alpha value is -1.46. The molecule has 2 atom stereocenters. The van der Waals surface area contributed by atoms with Gasteiger partial charge in [-0.3, -0.25) is 4.79 Å². The largest absolute Gasteiger partial charge is 0.392 e. The van der Waals surface area contributed by atoms with E-state index in [1.54, 1.807) is 11.0 Å². The molecule has 5 heteroatoms. The summed E-state index contributed by atoms with van der Waals surface area (Å²) >= 11 is 0. The molecule has 0 aromatic heterocycles. The molecule has 2 N–H and O–H groups in total. The minimum atomic E-state index is -0.469. The van der Waals surface area contributed by atoms with Crippen LogP contribution in [0.3, 0.4) is 0 Å². The van der Waals surface area contributed by atoms with Crippen LogP contribution in [-0.2, 0) is 10.2 Å². The van der Waals surface area contributed by atoms with Gasteiger partial charge in [0, 0.05) is 24.1 Å². The van der Waals surface area contributed by atoms with Crippen molar-refractivity contribution in [2.45, 2.75) is 49.7 Å². The van der Waals surface area contributed by atoms with Crippen molar-refractivity contribution in [3.63, 3.8) is 0 Å². The summed E-state index contributed by atoms with van der Waals surface area (Å²) in [5.74, 6) is -0.221. The summed E-state index contributed by atoms with van der Waals surface area (Å²) < 4.78 is 14.5. The number of benzene rings is 1. The van der Waals surface area contributed by atoms with Crippen molar-refractivity contribution in [3.05, 3.63) is 29.6 Å². The molecule has 1 spiro atoms. The van der Waals surface area contributed by atoms with Gasteiger partial charge in [0.25, 0.3) is 0 Å². The Morgan fingerprint density at radius 2 is 2.14 bits per heavy atom. The number of aliphatic hydroxyl groups excluding tert-OH is 1. The highest BCUT2D eigenvalue weighted by molar-refractivity contribution is 6.00. The smallest absolute Gasteiger partial charge is 0.244 e. The number of β-amino-alcohol motifs (C(OH)–C–C–N with tert-alkyl or cyclic N) is 1. The van der Waals surface area contributed by atoms with E-state index in [2.05, 4.69) is 5.32 Å². The van der Waals surface area contributed by atoms with Gasteiger partial charge in [-0.2, -0.15) is 0 Å². The number of nitrogens with one attached hydrogen (secondary N) is 1. The number of hydrogen-bond acceptors (Lipinski definition) is 3. The summed E-state index contributed by atoms with van der Waals surface area (Å²) in [6.07, 6.45) is 4.06. The monoisotopic (exact) mass is 304 g/mol. The molecule has 1 aromatic rings. The van der Waals surface area contributed by atoms with Crippen LogP contribution in [0.15, 0.2) is 18.2 Å². The summed E-state index contributed by atoms with van der Waals surface area (Å²) in [5.41, 5.74) is 1.27. The molecule has 1 aromatic carbocycles. The SMILES string of the molecule is O=C([C@H]1C[C@H](O)CN1)N1CC2(CCCC2)c2c(F)cccc21. The van der Waals surface area contributed by atoms with E-state index in [0.29, 0.717) is 19.5 Å². The standard InChI is InChI=1S/C17H21FN2O2/c18-12-4-3-5-14-15(12)17(6-1-2-7-17)10-20(14)16(22)13-8-11(21)9-19-13/h3-5,11,13,19,21H,1-2,6-10H2/t11-,13+/m0/s1. The number of carbonyl (C=O) groups excluding carboxylic acids is 1. The third kappa shape index (κ3) is 1.99. The first kappa shape index (κ1) is 14.2. The van der Waals surface area contributed by atoms with Crippen LogP contribution in [-0.4, -0.2) is 36.2 Å². The third-order valence-corrected chi connectivity index (χ3v) is 5.51. The fraction of sp³-hybridized carbons (Fsp3) is 0.588. The van der Waals surface area contributed by atoms with Crippen molar-refractivity contribution in [2.24, 2.45) is 0 Å². The Morgan fingerprint density at radius 1 is 1.36 bits per heavy atom. The van der Waals surface area contributed by atoms with Gasteiger partial charge < -0.3 is 15.3 Å². The number of halogens is 1. The fourth-order valence-electron chi connectivity index (χ4n) is 4.48. The quantitative estimate of drug-likeness (QED) is 0.830. The number of nitrogens with zero attached hydrogens (tertiary/aromatic N) is 1. The Labute approximate surface area is 129 Å². The van der Waals surface area contributed by atoms with E-state index in [9.17, 15) is 14.3 Å². The number of carbonyl (C=O) groups is 1. The molecule has 4 rings (SSSR count). The lowest BCUT2D eigenvalue weighted by Crippen LogP contribution is -2.45. The van der Waals surface area contributed by atoms with Gasteiger partial charge in [0.05, 0.1) is 17.8 Å². The Morgan fingerprint density at radius 3 is 2.82 bits per heavy atom. The molecule has 1 saturated heterocycles. The molecule has 0 unspecified atom stereocenters. The maximum Gasteiger partial charge on any atom is 0.244 e. The first-order chi connectivity index (χ1) is 10.6. The van der Waals surface area contributed by atoms with Gasteiger partial charge in [-0.1, -0.05) is 18.9 Å². The maximum atomic E-state index is 14.5. The molecule has 2 aliphatic heterocycles. The third-order valence-electron chi connectivity index (χ3n) is 5.51. The summed E-state index contributed by atoms with van der Waals surface area (Å²) in [6, 6.07) is 4.68. The molecule has 1 amide bonds. The molecule has 1 saturated carbocycles. The second-order valence-corrected chi connectivity index (χ2v) is 6.90. The maximum absolute atomic E-state index is 14.5. The molecule has 2 fully saturated rings. The highest BCUT2D eigenvalue weighted by Crippen LogP contribution is 2.51. The van der Waals surface area contributed by atoms with Crippen molar-refractivity contribution in [2.75, 3.05) is 18.0 Å². The van der Waals surface area contributed by atoms with Gasteiger partial charge in [0.2, 0.25) is 5.91 Å². The number of hydrogen-bond donors (Lipinski definition) is 2. The minimum absolute atomic E-state index is 0.0350. The summed E-state index contributed by atoms with van der Waals surface area (Å²) in [6.45, 7) is 1.03. The van der Waals surface area contributed by atoms with Crippen LogP contribution in [0.2, 0.25) is 0 Å². The molecule has 22 heavy (non-hydrogen) atoms. The van der Waals surface area contributed by atoms with Gasteiger partial charge in [0.1, 0.15) is 5.82 Å². The molecule has 2 heterocycles.